The zero-order valence-corrected chi connectivity index (χ0v) is 10.6. The lowest BCUT2D eigenvalue weighted by Crippen LogP contribution is -2.40. The number of pyridine rings is 1. The van der Waals surface area contributed by atoms with E-state index in [9.17, 15) is 18.0 Å². The van der Waals surface area contributed by atoms with E-state index in [0.29, 0.717) is 13.1 Å². The second-order valence-corrected chi connectivity index (χ2v) is 3.98. The minimum atomic E-state index is -4.30. The number of amides is 1. The smallest absolute Gasteiger partial charge is 0.338 e. The molecule has 0 aliphatic carbocycles. The maximum Gasteiger partial charge on any atom is 0.401 e. The molecule has 0 atom stereocenters. The first kappa shape index (κ1) is 15.4. The van der Waals surface area contributed by atoms with Crippen LogP contribution >= 0.6 is 0 Å². The molecule has 0 unspecified atom stereocenters. The van der Waals surface area contributed by atoms with E-state index in [0.717, 1.165) is 5.56 Å². The molecule has 7 heteroatoms. The zero-order valence-electron chi connectivity index (χ0n) is 10.6. The van der Waals surface area contributed by atoms with Crippen LogP contribution in [0.4, 0.5) is 13.2 Å². The Balaban J connectivity index is 2.44. The summed E-state index contributed by atoms with van der Waals surface area (Å²) in [7, 11) is 0. The van der Waals surface area contributed by atoms with Crippen LogP contribution in [0, 0.1) is 0 Å². The quantitative estimate of drug-likeness (QED) is 0.857. The van der Waals surface area contributed by atoms with Gasteiger partial charge in [0.2, 0.25) is 5.91 Å². The molecule has 106 valence electrons. The molecule has 1 aromatic rings. The Morgan fingerprint density at radius 2 is 2.00 bits per heavy atom. The van der Waals surface area contributed by atoms with Gasteiger partial charge in [0, 0.05) is 25.5 Å². The van der Waals surface area contributed by atoms with Crippen LogP contribution in [0.3, 0.4) is 0 Å². The zero-order chi connectivity index (χ0) is 14.3. The molecule has 1 aromatic heterocycles. The van der Waals surface area contributed by atoms with E-state index >= 15 is 0 Å². The number of nitrogens with zero attached hydrogens (tertiary/aromatic N) is 2. The van der Waals surface area contributed by atoms with Crippen molar-refractivity contribution < 1.29 is 18.0 Å². The fraction of sp³-hybridized carbons (Fsp3) is 0.500. The largest absolute Gasteiger partial charge is 0.401 e. The van der Waals surface area contributed by atoms with Gasteiger partial charge in [-0.2, -0.15) is 13.2 Å². The van der Waals surface area contributed by atoms with Gasteiger partial charge in [-0.15, -0.1) is 0 Å². The van der Waals surface area contributed by atoms with Crippen molar-refractivity contribution in [3.8, 4) is 0 Å². The summed E-state index contributed by atoms with van der Waals surface area (Å²) in [4.78, 5) is 17.1. The molecule has 4 nitrogen and oxygen atoms in total. The van der Waals surface area contributed by atoms with Gasteiger partial charge >= 0.3 is 6.18 Å². The molecular formula is C12H16F3N3O. The first-order valence-corrected chi connectivity index (χ1v) is 5.86. The molecule has 0 aromatic carbocycles. The Morgan fingerprint density at radius 1 is 1.37 bits per heavy atom. The predicted molar refractivity (Wildman–Crippen MR) is 64.3 cm³/mol. The van der Waals surface area contributed by atoms with Crippen molar-refractivity contribution in [3.63, 3.8) is 0 Å². The molecule has 19 heavy (non-hydrogen) atoms. The monoisotopic (exact) mass is 275 g/mol. The molecule has 0 saturated carbocycles. The van der Waals surface area contributed by atoms with Crippen molar-refractivity contribution in [3.05, 3.63) is 30.1 Å². The molecule has 0 fully saturated rings. The van der Waals surface area contributed by atoms with Gasteiger partial charge in [0.15, 0.2) is 0 Å². The van der Waals surface area contributed by atoms with Crippen molar-refractivity contribution in [1.29, 1.82) is 0 Å². The Labute approximate surface area is 109 Å². The standard InChI is InChI=1S/C12H16F3N3O/c1-2-18(8-10-3-5-16-6-4-10)11(19)7-17-9-12(13,14)15/h3-6,17H,2,7-9H2,1H3. The van der Waals surface area contributed by atoms with Crippen LogP contribution in [0.25, 0.3) is 0 Å². The van der Waals surface area contributed by atoms with Crippen molar-refractivity contribution in [2.45, 2.75) is 19.6 Å². The summed E-state index contributed by atoms with van der Waals surface area (Å²) in [5.41, 5.74) is 0.890. The maximum absolute atomic E-state index is 11.9. The van der Waals surface area contributed by atoms with E-state index in [-0.39, 0.29) is 12.5 Å². The second-order valence-electron chi connectivity index (χ2n) is 3.98. The van der Waals surface area contributed by atoms with Gasteiger partial charge in [-0.1, -0.05) is 0 Å². The van der Waals surface area contributed by atoms with E-state index in [1.54, 1.807) is 31.5 Å². The SMILES string of the molecule is CCN(Cc1ccncc1)C(=O)CNCC(F)(F)F. The molecule has 1 heterocycles. The molecule has 0 saturated heterocycles. The van der Waals surface area contributed by atoms with Gasteiger partial charge < -0.3 is 10.2 Å². The first-order valence-electron chi connectivity index (χ1n) is 5.86. The summed E-state index contributed by atoms with van der Waals surface area (Å²) >= 11 is 0. The lowest BCUT2D eigenvalue weighted by Gasteiger charge is -2.21. The molecule has 1 amide bonds. The highest BCUT2D eigenvalue weighted by atomic mass is 19.4. The Hall–Kier alpha value is -1.63. The van der Waals surface area contributed by atoms with Crippen LogP contribution in [0.1, 0.15) is 12.5 Å². The van der Waals surface area contributed by atoms with Crippen LogP contribution in [0.2, 0.25) is 0 Å². The Bertz CT molecular complexity index is 395. The number of carbonyl (C=O) groups is 1. The van der Waals surface area contributed by atoms with Gasteiger partial charge in [0.1, 0.15) is 0 Å². The number of hydrogen-bond acceptors (Lipinski definition) is 3. The normalized spacial score (nSPS) is 11.4. The molecule has 1 rings (SSSR count). The molecule has 0 aliphatic heterocycles. The minimum Gasteiger partial charge on any atom is -0.338 e. The summed E-state index contributed by atoms with van der Waals surface area (Å²) in [5, 5.41) is 2.10. The molecular weight excluding hydrogens is 259 g/mol. The third-order valence-corrected chi connectivity index (χ3v) is 2.46. The lowest BCUT2D eigenvalue weighted by atomic mass is 10.2. The van der Waals surface area contributed by atoms with Gasteiger partial charge in [0.25, 0.3) is 0 Å². The van der Waals surface area contributed by atoms with Crippen molar-refractivity contribution in [1.82, 2.24) is 15.2 Å². The second kappa shape index (κ2) is 7.08. The summed E-state index contributed by atoms with van der Waals surface area (Å²) < 4.78 is 35.8. The first-order chi connectivity index (χ1) is 8.92. The van der Waals surface area contributed by atoms with E-state index < -0.39 is 12.7 Å². The average Bonchev–Trinajstić information content (AvgIpc) is 2.35. The third kappa shape index (κ3) is 6.19. The number of nitrogens with one attached hydrogen (secondary N) is 1. The van der Waals surface area contributed by atoms with Crippen molar-refractivity contribution in [2.75, 3.05) is 19.6 Å². The van der Waals surface area contributed by atoms with E-state index in [2.05, 4.69) is 10.3 Å². The minimum absolute atomic E-state index is 0.321. The molecule has 0 bridgehead atoms. The highest BCUT2D eigenvalue weighted by molar-refractivity contribution is 5.78. The van der Waals surface area contributed by atoms with Crippen LogP contribution in [-0.2, 0) is 11.3 Å². The fourth-order valence-corrected chi connectivity index (χ4v) is 1.51. The lowest BCUT2D eigenvalue weighted by molar-refractivity contribution is -0.134. The van der Waals surface area contributed by atoms with Crippen LogP contribution < -0.4 is 5.32 Å². The summed E-state index contributed by atoms with van der Waals surface area (Å²) in [5.74, 6) is -0.358. The number of likely N-dealkylation sites (N-methyl/N-ethyl adjacent to an activating group) is 1. The number of alkyl halides is 3. The number of carbonyl (C=O) groups excluding carboxylic acids is 1. The number of hydrogen-bond donors (Lipinski definition) is 1. The van der Waals surface area contributed by atoms with Gasteiger partial charge in [-0.3, -0.25) is 9.78 Å². The van der Waals surface area contributed by atoms with Crippen LogP contribution in [0.5, 0.6) is 0 Å². The number of rotatable bonds is 6. The summed E-state index contributed by atoms with van der Waals surface area (Å²) in [6.07, 6.45) is -1.09. The summed E-state index contributed by atoms with van der Waals surface area (Å²) in [6, 6.07) is 3.53. The third-order valence-electron chi connectivity index (χ3n) is 2.46. The van der Waals surface area contributed by atoms with E-state index in [1.165, 1.54) is 4.90 Å². The van der Waals surface area contributed by atoms with Crippen molar-refractivity contribution in [2.24, 2.45) is 0 Å². The van der Waals surface area contributed by atoms with Gasteiger partial charge in [-0.25, -0.2) is 0 Å². The molecule has 0 spiro atoms. The predicted octanol–water partition coefficient (Wildman–Crippen LogP) is 1.58. The average molecular weight is 275 g/mol. The van der Waals surface area contributed by atoms with Crippen LogP contribution in [0.15, 0.2) is 24.5 Å². The number of aromatic nitrogens is 1. The van der Waals surface area contributed by atoms with E-state index in [1.807, 2.05) is 0 Å². The Morgan fingerprint density at radius 3 is 2.53 bits per heavy atom. The maximum atomic E-state index is 11.9. The Kier molecular flexibility index (Phi) is 5.75. The molecule has 0 aliphatic rings. The topological polar surface area (TPSA) is 45.2 Å². The summed E-state index contributed by atoms with van der Waals surface area (Å²) in [6.45, 7) is 1.10. The van der Waals surface area contributed by atoms with Gasteiger partial charge in [0.05, 0.1) is 13.1 Å². The van der Waals surface area contributed by atoms with Crippen LogP contribution in [-0.4, -0.2) is 41.6 Å². The highest BCUT2D eigenvalue weighted by Crippen LogP contribution is 2.12. The van der Waals surface area contributed by atoms with Gasteiger partial charge in [-0.05, 0) is 24.6 Å². The highest BCUT2D eigenvalue weighted by Gasteiger charge is 2.26. The fourth-order valence-electron chi connectivity index (χ4n) is 1.51. The molecule has 0 radical (unpaired) electrons. The molecule has 1 N–H and O–H groups in total. The van der Waals surface area contributed by atoms with Crippen molar-refractivity contribution >= 4 is 5.91 Å². The number of halogens is 3. The van der Waals surface area contributed by atoms with E-state index in [4.69, 9.17) is 0 Å².